The Kier molecular flexibility index (Phi) is 5.14. The highest BCUT2D eigenvalue weighted by molar-refractivity contribution is 7.99. The second-order valence-corrected chi connectivity index (χ2v) is 9.43. The predicted octanol–water partition coefficient (Wildman–Crippen LogP) is 4.24. The lowest BCUT2D eigenvalue weighted by atomic mass is 9.98. The monoisotopic (exact) mass is 405 g/mol. The summed E-state index contributed by atoms with van der Waals surface area (Å²) < 4.78 is 2.07. The largest absolute Gasteiger partial charge is 0.305 e. The van der Waals surface area contributed by atoms with Crippen molar-refractivity contribution in [2.45, 2.75) is 30.3 Å². The molecule has 6 heteroatoms. The van der Waals surface area contributed by atoms with Crippen molar-refractivity contribution < 1.29 is 0 Å². The molecule has 3 aromatic rings. The van der Waals surface area contributed by atoms with Gasteiger partial charge < -0.3 is 9.47 Å². The minimum Gasteiger partial charge on any atom is -0.305 e. The molecule has 2 atom stereocenters. The zero-order valence-corrected chi connectivity index (χ0v) is 17.7. The van der Waals surface area contributed by atoms with E-state index in [0.29, 0.717) is 5.41 Å². The van der Waals surface area contributed by atoms with Crippen LogP contribution in [0, 0.1) is 5.41 Å². The number of pyridine rings is 1. The van der Waals surface area contributed by atoms with Crippen molar-refractivity contribution in [1.82, 2.24) is 24.6 Å². The summed E-state index contributed by atoms with van der Waals surface area (Å²) in [4.78, 5) is 6.85. The molecule has 3 heterocycles. The zero-order valence-electron chi connectivity index (χ0n) is 16.9. The third-order valence-corrected chi connectivity index (χ3v) is 7.57. The third kappa shape index (κ3) is 3.83. The van der Waals surface area contributed by atoms with Gasteiger partial charge in [0.15, 0.2) is 11.0 Å². The van der Waals surface area contributed by atoms with Crippen molar-refractivity contribution in [1.29, 1.82) is 0 Å². The lowest BCUT2D eigenvalue weighted by Crippen LogP contribution is -2.23. The molecule has 2 aliphatic rings. The molecule has 0 amide bonds. The standard InChI is InChI=1S/C23H27N5S/c1-27-21(19-9-5-11-24-16-19)25-26-22(27)29-14-6-12-28-13-10-23(17-28)15-20(23)18-7-3-2-4-8-18/h2-5,7-9,11,16,20H,6,10,12-15,17H2,1H3. The summed E-state index contributed by atoms with van der Waals surface area (Å²) in [6.07, 6.45) is 7.53. The van der Waals surface area contributed by atoms with Gasteiger partial charge in [0.05, 0.1) is 0 Å². The van der Waals surface area contributed by atoms with Gasteiger partial charge in [-0.3, -0.25) is 4.98 Å². The first kappa shape index (κ1) is 18.8. The Labute approximate surface area is 176 Å². The maximum absolute atomic E-state index is 4.37. The number of nitrogens with zero attached hydrogens (tertiary/aromatic N) is 5. The second-order valence-electron chi connectivity index (χ2n) is 8.36. The maximum Gasteiger partial charge on any atom is 0.191 e. The first-order valence-electron chi connectivity index (χ1n) is 10.5. The van der Waals surface area contributed by atoms with Crippen LogP contribution < -0.4 is 0 Å². The molecule has 2 aromatic heterocycles. The van der Waals surface area contributed by atoms with Crippen LogP contribution in [0.5, 0.6) is 0 Å². The van der Waals surface area contributed by atoms with Gasteiger partial charge in [0, 0.05) is 37.3 Å². The molecule has 0 bridgehead atoms. The molecular weight excluding hydrogens is 378 g/mol. The molecule has 0 radical (unpaired) electrons. The van der Waals surface area contributed by atoms with E-state index in [1.165, 1.54) is 44.5 Å². The highest BCUT2D eigenvalue weighted by atomic mass is 32.2. The fourth-order valence-corrected chi connectivity index (χ4v) is 5.60. The Hall–Kier alpha value is -2.18. The van der Waals surface area contributed by atoms with E-state index in [4.69, 9.17) is 0 Å². The normalized spacial score (nSPS) is 23.7. The van der Waals surface area contributed by atoms with E-state index in [-0.39, 0.29) is 0 Å². The smallest absolute Gasteiger partial charge is 0.191 e. The summed E-state index contributed by atoms with van der Waals surface area (Å²) in [5, 5.41) is 9.70. The molecule has 1 aliphatic carbocycles. The molecule has 5 rings (SSSR count). The molecule has 5 nitrogen and oxygen atoms in total. The number of hydrogen-bond donors (Lipinski definition) is 0. The van der Waals surface area contributed by atoms with Gasteiger partial charge in [0.1, 0.15) is 0 Å². The molecule has 1 spiro atoms. The van der Waals surface area contributed by atoms with Crippen molar-refractivity contribution in [3.05, 3.63) is 60.4 Å². The Morgan fingerprint density at radius 1 is 1.14 bits per heavy atom. The van der Waals surface area contributed by atoms with Crippen LogP contribution in [-0.2, 0) is 7.05 Å². The molecule has 2 fully saturated rings. The lowest BCUT2D eigenvalue weighted by molar-refractivity contribution is 0.319. The Bertz CT molecular complexity index is 958. The van der Waals surface area contributed by atoms with E-state index >= 15 is 0 Å². The Morgan fingerprint density at radius 3 is 2.86 bits per heavy atom. The first-order valence-corrected chi connectivity index (χ1v) is 11.4. The zero-order chi connectivity index (χ0) is 19.7. The van der Waals surface area contributed by atoms with Gasteiger partial charge in [-0.1, -0.05) is 42.1 Å². The van der Waals surface area contributed by atoms with Gasteiger partial charge in [0.2, 0.25) is 0 Å². The molecule has 29 heavy (non-hydrogen) atoms. The predicted molar refractivity (Wildman–Crippen MR) is 117 cm³/mol. The summed E-state index contributed by atoms with van der Waals surface area (Å²) in [5.74, 6) is 2.74. The topological polar surface area (TPSA) is 46.8 Å². The van der Waals surface area contributed by atoms with E-state index < -0.39 is 0 Å². The van der Waals surface area contributed by atoms with E-state index in [1.54, 1.807) is 18.0 Å². The number of hydrogen-bond acceptors (Lipinski definition) is 5. The number of benzene rings is 1. The van der Waals surface area contributed by atoms with Crippen LogP contribution >= 0.6 is 11.8 Å². The van der Waals surface area contributed by atoms with E-state index in [1.807, 2.05) is 25.4 Å². The van der Waals surface area contributed by atoms with E-state index in [0.717, 1.165) is 28.2 Å². The minimum absolute atomic E-state index is 0.566. The number of thioether (sulfide) groups is 1. The van der Waals surface area contributed by atoms with Crippen LogP contribution in [0.1, 0.15) is 30.7 Å². The van der Waals surface area contributed by atoms with E-state index in [2.05, 4.69) is 55.0 Å². The van der Waals surface area contributed by atoms with Crippen molar-refractivity contribution in [2.24, 2.45) is 12.5 Å². The Balaban J connectivity index is 1.09. The summed E-state index contributed by atoms with van der Waals surface area (Å²) >= 11 is 1.80. The maximum atomic E-state index is 4.37. The molecule has 1 saturated heterocycles. The van der Waals surface area contributed by atoms with Gasteiger partial charge >= 0.3 is 0 Å². The fourth-order valence-electron chi connectivity index (χ4n) is 4.77. The lowest BCUT2D eigenvalue weighted by Gasteiger charge is -2.16. The average molecular weight is 406 g/mol. The van der Waals surface area contributed by atoms with Crippen LogP contribution in [0.4, 0.5) is 0 Å². The van der Waals surface area contributed by atoms with E-state index in [9.17, 15) is 0 Å². The van der Waals surface area contributed by atoms with Gasteiger partial charge in [0.25, 0.3) is 0 Å². The van der Waals surface area contributed by atoms with Crippen LogP contribution in [0.3, 0.4) is 0 Å². The van der Waals surface area contributed by atoms with Crippen molar-refractivity contribution in [2.75, 3.05) is 25.4 Å². The molecule has 2 unspecified atom stereocenters. The van der Waals surface area contributed by atoms with Crippen molar-refractivity contribution >= 4 is 11.8 Å². The Morgan fingerprint density at radius 2 is 2.03 bits per heavy atom. The number of rotatable bonds is 7. The summed E-state index contributed by atoms with van der Waals surface area (Å²) in [6, 6.07) is 15.0. The number of aromatic nitrogens is 4. The quantitative estimate of drug-likeness (QED) is 0.435. The first-order chi connectivity index (χ1) is 14.3. The van der Waals surface area contributed by atoms with Crippen molar-refractivity contribution in [3.63, 3.8) is 0 Å². The van der Waals surface area contributed by atoms with Crippen LogP contribution in [-0.4, -0.2) is 50.0 Å². The van der Waals surface area contributed by atoms with Gasteiger partial charge in [-0.2, -0.15) is 0 Å². The highest BCUT2D eigenvalue weighted by Crippen LogP contribution is 2.63. The van der Waals surface area contributed by atoms with Crippen molar-refractivity contribution in [3.8, 4) is 11.4 Å². The minimum atomic E-state index is 0.566. The average Bonchev–Trinajstić information content (AvgIpc) is 3.11. The number of likely N-dealkylation sites (tertiary alicyclic amines) is 1. The van der Waals surface area contributed by atoms with Gasteiger partial charge in [-0.15, -0.1) is 10.2 Å². The van der Waals surface area contributed by atoms with Crippen LogP contribution in [0.2, 0.25) is 0 Å². The highest BCUT2D eigenvalue weighted by Gasteiger charge is 2.57. The fraction of sp³-hybridized carbons (Fsp3) is 0.435. The SMILES string of the molecule is Cn1c(SCCCN2CCC3(CC3c3ccccc3)C2)nnc1-c1cccnc1. The van der Waals surface area contributed by atoms with Gasteiger partial charge in [-0.25, -0.2) is 0 Å². The second kappa shape index (κ2) is 7.92. The molecule has 0 N–H and O–H groups in total. The molecule has 1 aromatic carbocycles. The molecular formula is C23H27N5S. The third-order valence-electron chi connectivity index (χ3n) is 6.46. The summed E-state index contributed by atoms with van der Waals surface area (Å²) in [5.41, 5.74) is 3.11. The molecule has 150 valence electrons. The molecule has 1 saturated carbocycles. The molecule has 1 aliphatic heterocycles. The van der Waals surface area contributed by atoms with Gasteiger partial charge in [-0.05, 0) is 61.4 Å². The summed E-state index contributed by atoms with van der Waals surface area (Å²) in [7, 11) is 2.03. The summed E-state index contributed by atoms with van der Waals surface area (Å²) in [6.45, 7) is 3.71. The van der Waals surface area contributed by atoms with Crippen LogP contribution in [0.15, 0.2) is 60.0 Å². The van der Waals surface area contributed by atoms with Crippen LogP contribution in [0.25, 0.3) is 11.4 Å².